The van der Waals surface area contributed by atoms with Crippen molar-refractivity contribution < 1.29 is 26.0 Å². The van der Waals surface area contributed by atoms with E-state index in [9.17, 15) is 16.8 Å². The molecule has 0 amide bonds. The van der Waals surface area contributed by atoms with E-state index in [4.69, 9.17) is 9.15 Å². The molecule has 0 radical (unpaired) electrons. The summed E-state index contributed by atoms with van der Waals surface area (Å²) in [5.41, 5.74) is 1.22. The predicted octanol–water partition coefficient (Wildman–Crippen LogP) is 2.05. The van der Waals surface area contributed by atoms with Gasteiger partial charge in [-0.2, -0.15) is 4.31 Å². The second-order valence-electron chi connectivity index (χ2n) is 6.55. The Bertz CT molecular complexity index is 970. The molecule has 0 bridgehead atoms. The largest absolute Gasteiger partial charge is 0.472 e. The lowest BCUT2D eigenvalue weighted by atomic mass is 10.3. The molecule has 2 heterocycles. The van der Waals surface area contributed by atoms with Gasteiger partial charge in [0.25, 0.3) is 0 Å². The number of sulfonamides is 2. The van der Waals surface area contributed by atoms with Gasteiger partial charge in [0.05, 0.1) is 35.5 Å². The van der Waals surface area contributed by atoms with Crippen molar-refractivity contribution in [2.75, 3.05) is 36.9 Å². The maximum absolute atomic E-state index is 13.1. The summed E-state index contributed by atoms with van der Waals surface area (Å²) < 4.78 is 63.4. The van der Waals surface area contributed by atoms with E-state index in [1.807, 2.05) is 0 Å². The number of benzene rings is 1. The Labute approximate surface area is 165 Å². The monoisotopic (exact) mass is 428 g/mol. The Morgan fingerprint density at radius 3 is 2.54 bits per heavy atom. The first-order chi connectivity index (χ1) is 13.3. The van der Waals surface area contributed by atoms with Crippen LogP contribution in [-0.2, 0) is 31.3 Å². The van der Waals surface area contributed by atoms with Crippen LogP contribution in [0.4, 0.5) is 5.69 Å². The maximum atomic E-state index is 13.1. The minimum Gasteiger partial charge on any atom is -0.472 e. The Balaban J connectivity index is 1.85. The molecule has 10 heteroatoms. The highest BCUT2D eigenvalue weighted by Gasteiger charge is 2.28. The van der Waals surface area contributed by atoms with E-state index in [1.165, 1.54) is 40.4 Å². The molecule has 1 aliphatic heterocycles. The molecule has 0 unspecified atom stereocenters. The van der Waals surface area contributed by atoms with E-state index in [2.05, 4.69) is 0 Å². The van der Waals surface area contributed by atoms with Gasteiger partial charge in [-0.05, 0) is 43.2 Å². The van der Waals surface area contributed by atoms with Crippen LogP contribution in [0.1, 0.15) is 18.4 Å². The third-order valence-electron chi connectivity index (χ3n) is 4.60. The predicted molar refractivity (Wildman–Crippen MR) is 105 cm³/mol. The standard InChI is InChI=1S/C18H24N2O6S2/c1-25-12-10-19(14-16-8-11-26-15-16)28(23,24)18-6-4-17(5-7-18)20-9-2-3-13-27(20,21)22/h4-8,11,15H,2-3,9-10,12-14H2,1H3. The summed E-state index contributed by atoms with van der Waals surface area (Å²) in [5.74, 6) is 0.114. The quantitative estimate of drug-likeness (QED) is 0.638. The molecule has 28 heavy (non-hydrogen) atoms. The molecule has 8 nitrogen and oxygen atoms in total. The van der Waals surface area contributed by atoms with Crippen LogP contribution in [0.25, 0.3) is 0 Å². The maximum Gasteiger partial charge on any atom is 0.243 e. The molecule has 1 aromatic heterocycles. The van der Waals surface area contributed by atoms with Gasteiger partial charge in [0.1, 0.15) is 0 Å². The highest BCUT2D eigenvalue weighted by Crippen LogP contribution is 2.26. The zero-order valence-electron chi connectivity index (χ0n) is 15.7. The van der Waals surface area contributed by atoms with Crippen molar-refractivity contribution in [2.24, 2.45) is 0 Å². The van der Waals surface area contributed by atoms with Crippen LogP contribution in [0.5, 0.6) is 0 Å². The molecule has 0 aliphatic carbocycles. The van der Waals surface area contributed by atoms with Gasteiger partial charge in [-0.25, -0.2) is 16.8 Å². The summed E-state index contributed by atoms with van der Waals surface area (Å²) in [6, 6.07) is 7.69. The van der Waals surface area contributed by atoms with Crippen molar-refractivity contribution in [3.8, 4) is 0 Å². The summed E-state index contributed by atoms with van der Waals surface area (Å²) in [7, 11) is -5.61. The van der Waals surface area contributed by atoms with Gasteiger partial charge in [-0.15, -0.1) is 0 Å². The number of rotatable bonds is 8. The lowest BCUT2D eigenvalue weighted by Gasteiger charge is -2.28. The van der Waals surface area contributed by atoms with Crippen LogP contribution < -0.4 is 4.31 Å². The number of methoxy groups -OCH3 is 1. The van der Waals surface area contributed by atoms with Crippen LogP contribution in [0.3, 0.4) is 0 Å². The van der Waals surface area contributed by atoms with Crippen molar-refractivity contribution in [3.63, 3.8) is 0 Å². The molecule has 1 aliphatic rings. The van der Waals surface area contributed by atoms with Crippen molar-refractivity contribution in [3.05, 3.63) is 48.4 Å². The van der Waals surface area contributed by atoms with Gasteiger partial charge in [-0.1, -0.05) is 0 Å². The number of anilines is 1. The average Bonchev–Trinajstić information content (AvgIpc) is 3.18. The summed E-state index contributed by atoms with van der Waals surface area (Å²) in [6.07, 6.45) is 4.42. The van der Waals surface area contributed by atoms with Crippen molar-refractivity contribution in [1.82, 2.24) is 4.31 Å². The molecule has 1 fully saturated rings. The minimum absolute atomic E-state index is 0.102. The Morgan fingerprint density at radius 1 is 1.18 bits per heavy atom. The highest BCUT2D eigenvalue weighted by molar-refractivity contribution is 7.92. The Morgan fingerprint density at radius 2 is 1.93 bits per heavy atom. The van der Waals surface area contributed by atoms with Crippen molar-refractivity contribution >= 4 is 25.7 Å². The number of hydrogen-bond donors (Lipinski definition) is 0. The van der Waals surface area contributed by atoms with Gasteiger partial charge < -0.3 is 9.15 Å². The van der Waals surface area contributed by atoms with Crippen LogP contribution in [-0.4, -0.2) is 53.7 Å². The molecule has 0 spiro atoms. The number of hydrogen-bond acceptors (Lipinski definition) is 6. The molecule has 0 N–H and O–H groups in total. The number of nitrogens with zero attached hydrogens (tertiary/aromatic N) is 2. The van der Waals surface area contributed by atoms with Crippen molar-refractivity contribution in [1.29, 1.82) is 0 Å². The first-order valence-electron chi connectivity index (χ1n) is 8.95. The normalized spacial score (nSPS) is 17.1. The molecule has 2 aromatic rings. The van der Waals surface area contributed by atoms with Gasteiger partial charge in [0, 0.05) is 32.3 Å². The Hall–Kier alpha value is -1.88. The van der Waals surface area contributed by atoms with Crippen molar-refractivity contribution in [2.45, 2.75) is 24.3 Å². The molecule has 0 atom stereocenters. The molecule has 1 saturated heterocycles. The van der Waals surface area contributed by atoms with E-state index in [1.54, 1.807) is 18.2 Å². The summed E-state index contributed by atoms with van der Waals surface area (Å²) >= 11 is 0. The lowest BCUT2D eigenvalue weighted by Crippen LogP contribution is -2.38. The number of ether oxygens (including phenoxy) is 1. The summed E-state index contributed by atoms with van der Waals surface area (Å²) in [4.78, 5) is 0.102. The number of furan rings is 1. The van der Waals surface area contributed by atoms with Crippen LogP contribution in [0, 0.1) is 0 Å². The Kier molecular flexibility index (Phi) is 6.43. The third-order valence-corrected chi connectivity index (χ3v) is 8.32. The van der Waals surface area contributed by atoms with Gasteiger partial charge in [-0.3, -0.25) is 4.31 Å². The van der Waals surface area contributed by atoms with Gasteiger partial charge in [0.2, 0.25) is 20.0 Å². The van der Waals surface area contributed by atoms with E-state index >= 15 is 0 Å². The zero-order valence-corrected chi connectivity index (χ0v) is 17.3. The zero-order chi connectivity index (χ0) is 20.2. The fourth-order valence-corrected chi connectivity index (χ4v) is 6.13. The van der Waals surface area contributed by atoms with Gasteiger partial charge in [0.15, 0.2) is 0 Å². The van der Waals surface area contributed by atoms with Gasteiger partial charge >= 0.3 is 0 Å². The SMILES string of the molecule is COCCN(Cc1ccoc1)S(=O)(=O)c1ccc(N2CCCCS2(=O)=O)cc1. The summed E-state index contributed by atoms with van der Waals surface area (Å²) in [5, 5.41) is 0. The molecule has 154 valence electrons. The first-order valence-corrected chi connectivity index (χ1v) is 12.0. The van der Waals surface area contributed by atoms with Crippen LogP contribution >= 0.6 is 0 Å². The molecule has 0 saturated carbocycles. The fourth-order valence-electron chi connectivity index (χ4n) is 3.08. The topological polar surface area (TPSA) is 97.1 Å². The lowest BCUT2D eigenvalue weighted by molar-refractivity contribution is 0.177. The second kappa shape index (κ2) is 8.64. The average molecular weight is 429 g/mol. The molecule has 1 aromatic carbocycles. The van der Waals surface area contributed by atoms with E-state index in [-0.39, 0.29) is 30.3 Å². The summed E-state index contributed by atoms with van der Waals surface area (Å²) in [6.45, 7) is 1.01. The van der Waals surface area contributed by atoms with E-state index < -0.39 is 20.0 Å². The minimum atomic E-state index is -3.78. The molecule has 3 rings (SSSR count). The highest BCUT2D eigenvalue weighted by atomic mass is 32.2. The van der Waals surface area contributed by atoms with Crippen LogP contribution in [0.2, 0.25) is 0 Å². The smallest absolute Gasteiger partial charge is 0.243 e. The van der Waals surface area contributed by atoms with E-state index in [0.29, 0.717) is 18.7 Å². The first kappa shape index (κ1) is 20.8. The molecular weight excluding hydrogens is 404 g/mol. The van der Waals surface area contributed by atoms with E-state index in [0.717, 1.165) is 12.0 Å². The van der Waals surface area contributed by atoms with Crippen LogP contribution in [0.15, 0.2) is 52.2 Å². The second-order valence-corrected chi connectivity index (χ2v) is 10.5. The fraction of sp³-hybridized carbons (Fsp3) is 0.444. The third kappa shape index (κ3) is 4.57. The molecular formula is C18H24N2O6S2.